The van der Waals surface area contributed by atoms with E-state index in [4.69, 9.17) is 9.47 Å². The molecule has 0 bridgehead atoms. The minimum absolute atomic E-state index is 0.154. The second-order valence-electron chi connectivity index (χ2n) is 6.48. The molecule has 1 aromatic rings. The fourth-order valence-corrected chi connectivity index (χ4v) is 1.36. The van der Waals surface area contributed by atoms with E-state index in [0.717, 1.165) is 4.90 Å². The zero-order valence-electron chi connectivity index (χ0n) is 13.3. The van der Waals surface area contributed by atoms with Crippen LogP contribution in [0.1, 0.15) is 41.5 Å². The lowest BCUT2D eigenvalue weighted by Crippen LogP contribution is -2.44. The van der Waals surface area contributed by atoms with Crippen LogP contribution in [0.4, 0.5) is 15.4 Å². The van der Waals surface area contributed by atoms with E-state index < -0.39 is 23.4 Å². The molecule has 1 aromatic heterocycles. The Labute approximate surface area is 125 Å². The van der Waals surface area contributed by atoms with Gasteiger partial charge in [0.05, 0.1) is 0 Å². The van der Waals surface area contributed by atoms with Crippen LogP contribution in [0.5, 0.6) is 0 Å². The van der Waals surface area contributed by atoms with Gasteiger partial charge in [0.1, 0.15) is 17.0 Å². The van der Waals surface area contributed by atoms with E-state index in [9.17, 15) is 9.59 Å². The predicted molar refractivity (Wildman–Crippen MR) is 79.2 cm³/mol. The van der Waals surface area contributed by atoms with Crippen LogP contribution in [-0.2, 0) is 9.47 Å². The molecule has 6 nitrogen and oxygen atoms in total. The standard InChI is InChI=1S/C15H22N2O4/c1-14(2,3)20-12(18)17(11-9-7-8-10-16-11)13(19)21-15(4,5)6/h7-10H,1-6H3. The van der Waals surface area contributed by atoms with Crippen LogP contribution in [-0.4, -0.2) is 28.4 Å². The van der Waals surface area contributed by atoms with Gasteiger partial charge in [0.15, 0.2) is 0 Å². The Kier molecular flexibility index (Phi) is 4.93. The molecule has 2 amide bonds. The quantitative estimate of drug-likeness (QED) is 0.788. The molecule has 116 valence electrons. The van der Waals surface area contributed by atoms with Crippen molar-refractivity contribution < 1.29 is 19.1 Å². The summed E-state index contributed by atoms with van der Waals surface area (Å²) >= 11 is 0. The SMILES string of the molecule is CC(C)(C)OC(=O)N(C(=O)OC(C)(C)C)c1ccccn1. The molecular weight excluding hydrogens is 272 g/mol. The van der Waals surface area contributed by atoms with Gasteiger partial charge in [0.25, 0.3) is 0 Å². The van der Waals surface area contributed by atoms with Gasteiger partial charge in [-0.1, -0.05) is 6.07 Å². The number of pyridine rings is 1. The average molecular weight is 294 g/mol. The van der Waals surface area contributed by atoms with Crippen LogP contribution < -0.4 is 4.90 Å². The van der Waals surface area contributed by atoms with Crippen LogP contribution in [0.25, 0.3) is 0 Å². The maximum atomic E-state index is 12.2. The lowest BCUT2D eigenvalue weighted by molar-refractivity contribution is 0.0429. The van der Waals surface area contributed by atoms with Crippen LogP contribution >= 0.6 is 0 Å². The van der Waals surface area contributed by atoms with Crippen LogP contribution in [0.3, 0.4) is 0 Å². The summed E-state index contributed by atoms with van der Waals surface area (Å²) in [4.78, 5) is 29.3. The van der Waals surface area contributed by atoms with Gasteiger partial charge in [-0.05, 0) is 53.7 Å². The van der Waals surface area contributed by atoms with Gasteiger partial charge in [-0.15, -0.1) is 0 Å². The zero-order valence-corrected chi connectivity index (χ0v) is 13.3. The highest BCUT2D eigenvalue weighted by molar-refractivity contribution is 6.08. The van der Waals surface area contributed by atoms with E-state index in [1.54, 1.807) is 53.7 Å². The molecule has 0 fully saturated rings. The number of nitrogens with zero attached hydrogens (tertiary/aromatic N) is 2. The smallest absolute Gasteiger partial charge is 0.425 e. The molecule has 0 atom stereocenters. The average Bonchev–Trinajstić information content (AvgIpc) is 2.25. The Balaban J connectivity index is 3.07. The third-order valence-corrected chi connectivity index (χ3v) is 2.03. The van der Waals surface area contributed by atoms with Crippen molar-refractivity contribution in [3.8, 4) is 0 Å². The molecule has 0 radical (unpaired) electrons. The fourth-order valence-electron chi connectivity index (χ4n) is 1.36. The van der Waals surface area contributed by atoms with E-state index in [1.807, 2.05) is 0 Å². The molecular formula is C15H22N2O4. The molecule has 6 heteroatoms. The van der Waals surface area contributed by atoms with Crippen molar-refractivity contribution in [2.45, 2.75) is 52.7 Å². The maximum absolute atomic E-state index is 12.2. The van der Waals surface area contributed by atoms with Gasteiger partial charge in [0, 0.05) is 6.20 Å². The molecule has 21 heavy (non-hydrogen) atoms. The van der Waals surface area contributed by atoms with Gasteiger partial charge in [0.2, 0.25) is 0 Å². The molecule has 0 aliphatic rings. The first-order valence-electron chi connectivity index (χ1n) is 6.67. The number of imide groups is 1. The van der Waals surface area contributed by atoms with E-state index in [2.05, 4.69) is 4.98 Å². The number of aromatic nitrogens is 1. The van der Waals surface area contributed by atoms with Crippen LogP contribution in [0.2, 0.25) is 0 Å². The minimum atomic E-state index is -0.824. The van der Waals surface area contributed by atoms with Crippen LogP contribution in [0, 0.1) is 0 Å². The summed E-state index contributed by atoms with van der Waals surface area (Å²) in [7, 11) is 0. The molecule has 0 N–H and O–H groups in total. The molecule has 1 heterocycles. The third-order valence-electron chi connectivity index (χ3n) is 2.03. The van der Waals surface area contributed by atoms with E-state index in [-0.39, 0.29) is 5.82 Å². The van der Waals surface area contributed by atoms with Gasteiger partial charge >= 0.3 is 12.2 Å². The van der Waals surface area contributed by atoms with Gasteiger partial charge in [-0.2, -0.15) is 4.90 Å². The van der Waals surface area contributed by atoms with E-state index in [0.29, 0.717) is 0 Å². The Morgan fingerprint density at radius 2 is 1.43 bits per heavy atom. The summed E-state index contributed by atoms with van der Waals surface area (Å²) in [5.74, 6) is 0.154. The second kappa shape index (κ2) is 6.11. The Morgan fingerprint density at radius 1 is 0.952 bits per heavy atom. The fraction of sp³-hybridized carbons (Fsp3) is 0.533. The number of hydrogen-bond donors (Lipinski definition) is 0. The number of amides is 2. The van der Waals surface area contributed by atoms with Crippen LogP contribution in [0.15, 0.2) is 24.4 Å². The molecule has 0 aliphatic carbocycles. The Hall–Kier alpha value is -2.11. The molecule has 0 spiro atoms. The topological polar surface area (TPSA) is 68.7 Å². The predicted octanol–water partition coefficient (Wildman–Crippen LogP) is 3.76. The van der Waals surface area contributed by atoms with Crippen molar-refractivity contribution >= 4 is 18.0 Å². The highest BCUT2D eigenvalue weighted by Gasteiger charge is 2.33. The summed E-state index contributed by atoms with van der Waals surface area (Å²) in [6, 6.07) is 4.89. The largest absolute Gasteiger partial charge is 0.443 e. The minimum Gasteiger partial charge on any atom is -0.443 e. The van der Waals surface area contributed by atoms with Crippen molar-refractivity contribution in [3.05, 3.63) is 24.4 Å². The van der Waals surface area contributed by atoms with Gasteiger partial charge in [-0.25, -0.2) is 14.6 Å². The molecule has 0 saturated heterocycles. The number of carbonyl (C=O) groups is 2. The van der Waals surface area contributed by atoms with E-state index >= 15 is 0 Å². The Morgan fingerprint density at radius 3 is 1.76 bits per heavy atom. The lowest BCUT2D eigenvalue weighted by Gasteiger charge is -2.27. The zero-order chi connectivity index (χ0) is 16.3. The lowest BCUT2D eigenvalue weighted by atomic mass is 10.2. The first kappa shape index (κ1) is 16.9. The third kappa shape index (κ3) is 5.81. The first-order chi connectivity index (χ1) is 9.49. The second-order valence-corrected chi connectivity index (χ2v) is 6.48. The molecule has 1 rings (SSSR count). The number of anilines is 1. The van der Waals surface area contributed by atoms with Crippen molar-refractivity contribution in [2.24, 2.45) is 0 Å². The maximum Gasteiger partial charge on any atom is 0.425 e. The van der Waals surface area contributed by atoms with Crippen molar-refractivity contribution in [2.75, 3.05) is 4.90 Å². The first-order valence-corrected chi connectivity index (χ1v) is 6.67. The van der Waals surface area contributed by atoms with Gasteiger partial charge in [-0.3, -0.25) is 0 Å². The molecule has 0 saturated carbocycles. The Bertz CT molecular complexity index is 473. The molecule has 0 aromatic carbocycles. The summed E-state index contributed by atoms with van der Waals surface area (Å²) in [6.45, 7) is 10.3. The highest BCUT2D eigenvalue weighted by atomic mass is 16.6. The number of rotatable bonds is 1. The van der Waals surface area contributed by atoms with Gasteiger partial charge < -0.3 is 9.47 Å². The summed E-state index contributed by atoms with van der Waals surface area (Å²) in [5.41, 5.74) is -1.46. The molecule has 0 unspecified atom stereocenters. The summed E-state index contributed by atoms with van der Waals surface area (Å²) in [6.07, 6.45) is -0.164. The molecule has 0 aliphatic heterocycles. The summed E-state index contributed by atoms with van der Waals surface area (Å²) in [5, 5.41) is 0. The highest BCUT2D eigenvalue weighted by Crippen LogP contribution is 2.19. The normalized spacial score (nSPS) is 11.7. The number of hydrogen-bond acceptors (Lipinski definition) is 5. The van der Waals surface area contributed by atoms with E-state index in [1.165, 1.54) is 12.3 Å². The van der Waals surface area contributed by atoms with Crippen molar-refractivity contribution in [3.63, 3.8) is 0 Å². The van der Waals surface area contributed by atoms with Crippen molar-refractivity contribution in [1.82, 2.24) is 4.98 Å². The summed E-state index contributed by atoms with van der Waals surface area (Å²) < 4.78 is 10.5. The number of carbonyl (C=O) groups excluding carboxylic acids is 2. The van der Waals surface area contributed by atoms with Crippen molar-refractivity contribution in [1.29, 1.82) is 0 Å². The number of ether oxygens (including phenoxy) is 2. The monoisotopic (exact) mass is 294 g/mol.